The van der Waals surface area contributed by atoms with E-state index >= 15 is 0 Å². The van der Waals surface area contributed by atoms with E-state index in [1.165, 1.54) is 0 Å². The molecule has 1 aromatic heterocycles. The van der Waals surface area contributed by atoms with Gasteiger partial charge in [-0.25, -0.2) is 0 Å². The highest BCUT2D eigenvalue weighted by atomic mass is 79.9. The van der Waals surface area contributed by atoms with Gasteiger partial charge in [0.15, 0.2) is 0 Å². The lowest BCUT2D eigenvalue weighted by Gasteiger charge is -2.17. The first kappa shape index (κ1) is 14.7. The van der Waals surface area contributed by atoms with Crippen molar-refractivity contribution < 1.29 is 9.59 Å². The van der Waals surface area contributed by atoms with Gasteiger partial charge in [-0.05, 0) is 30.3 Å². The average molecular weight is 360 g/mol. The van der Waals surface area contributed by atoms with Crippen LogP contribution in [0.3, 0.4) is 0 Å². The Labute approximate surface area is 136 Å². The second-order valence-electron chi connectivity index (χ2n) is 5.12. The molecule has 0 bridgehead atoms. The monoisotopic (exact) mass is 359 g/mol. The maximum Gasteiger partial charge on any atom is 0.229 e. The zero-order valence-corrected chi connectivity index (χ0v) is 13.3. The van der Waals surface area contributed by atoms with Crippen LogP contribution in [0, 0.1) is 5.92 Å². The summed E-state index contributed by atoms with van der Waals surface area (Å²) in [5.74, 6) is -0.546. The van der Waals surface area contributed by atoms with E-state index in [2.05, 4.69) is 26.2 Å². The van der Waals surface area contributed by atoms with Crippen molar-refractivity contribution >= 4 is 39.1 Å². The third-order valence-electron chi connectivity index (χ3n) is 3.54. The second-order valence-corrected chi connectivity index (χ2v) is 6.03. The zero-order chi connectivity index (χ0) is 15.5. The number of rotatable bonds is 3. The lowest BCUT2D eigenvalue weighted by atomic mass is 10.1. The minimum absolute atomic E-state index is 0.0376. The van der Waals surface area contributed by atoms with Crippen LogP contribution in [-0.4, -0.2) is 23.3 Å². The van der Waals surface area contributed by atoms with Crippen molar-refractivity contribution in [2.75, 3.05) is 16.8 Å². The van der Waals surface area contributed by atoms with Crippen LogP contribution in [-0.2, 0) is 9.59 Å². The number of nitrogens with one attached hydrogen (secondary N) is 1. The van der Waals surface area contributed by atoms with Crippen molar-refractivity contribution in [2.24, 2.45) is 5.92 Å². The molecule has 6 heteroatoms. The lowest BCUT2D eigenvalue weighted by molar-refractivity contribution is -0.122. The summed E-state index contributed by atoms with van der Waals surface area (Å²) in [5, 5.41) is 2.80. The number of halogens is 1. The summed E-state index contributed by atoms with van der Waals surface area (Å²) in [6.45, 7) is 0.390. The Kier molecular flexibility index (Phi) is 4.20. The zero-order valence-electron chi connectivity index (χ0n) is 11.7. The van der Waals surface area contributed by atoms with Crippen molar-refractivity contribution in [2.45, 2.75) is 6.42 Å². The Morgan fingerprint density at radius 3 is 2.91 bits per heavy atom. The minimum atomic E-state index is -0.355. The molecular formula is C16H14BrN3O2. The number of anilines is 2. The van der Waals surface area contributed by atoms with E-state index in [1.807, 2.05) is 24.3 Å². The van der Waals surface area contributed by atoms with Crippen LogP contribution in [0.2, 0.25) is 0 Å². The summed E-state index contributed by atoms with van der Waals surface area (Å²) in [6.07, 6.45) is 3.45. The molecule has 5 nitrogen and oxygen atoms in total. The number of aromatic nitrogens is 1. The average Bonchev–Trinajstić information content (AvgIpc) is 2.90. The van der Waals surface area contributed by atoms with Gasteiger partial charge >= 0.3 is 0 Å². The van der Waals surface area contributed by atoms with E-state index in [1.54, 1.807) is 29.4 Å². The van der Waals surface area contributed by atoms with Gasteiger partial charge in [0, 0.05) is 29.3 Å². The molecule has 22 heavy (non-hydrogen) atoms. The Morgan fingerprint density at radius 2 is 2.18 bits per heavy atom. The largest absolute Gasteiger partial charge is 0.324 e. The van der Waals surface area contributed by atoms with Gasteiger partial charge in [0.25, 0.3) is 0 Å². The molecule has 1 unspecified atom stereocenters. The van der Waals surface area contributed by atoms with Crippen LogP contribution >= 0.6 is 15.9 Å². The molecule has 1 aliphatic rings. The van der Waals surface area contributed by atoms with Gasteiger partial charge in [-0.3, -0.25) is 14.6 Å². The number of hydrogen-bond acceptors (Lipinski definition) is 3. The molecule has 2 amide bonds. The molecule has 1 fully saturated rings. The van der Waals surface area contributed by atoms with E-state index in [0.717, 1.165) is 10.2 Å². The van der Waals surface area contributed by atoms with Crippen LogP contribution in [0.4, 0.5) is 11.4 Å². The quantitative estimate of drug-likeness (QED) is 0.916. The van der Waals surface area contributed by atoms with Crippen molar-refractivity contribution in [3.63, 3.8) is 0 Å². The van der Waals surface area contributed by atoms with Gasteiger partial charge in [0.1, 0.15) is 0 Å². The van der Waals surface area contributed by atoms with Gasteiger partial charge in [-0.2, -0.15) is 0 Å². The van der Waals surface area contributed by atoms with Gasteiger partial charge in [-0.1, -0.05) is 22.0 Å². The van der Waals surface area contributed by atoms with Gasteiger partial charge < -0.3 is 10.2 Å². The summed E-state index contributed by atoms with van der Waals surface area (Å²) < 4.78 is 0.904. The number of carbonyl (C=O) groups is 2. The maximum atomic E-state index is 12.3. The third kappa shape index (κ3) is 3.17. The predicted octanol–water partition coefficient (Wildman–Crippen LogP) is 2.84. The molecular weight excluding hydrogens is 346 g/mol. The van der Waals surface area contributed by atoms with Crippen LogP contribution in [0.5, 0.6) is 0 Å². The summed E-state index contributed by atoms with van der Waals surface area (Å²) >= 11 is 3.39. The maximum absolute atomic E-state index is 12.3. The van der Waals surface area contributed by atoms with Gasteiger partial charge in [0.2, 0.25) is 11.8 Å². The summed E-state index contributed by atoms with van der Waals surface area (Å²) in [7, 11) is 0. The standard InChI is InChI=1S/C16H14BrN3O2/c17-12-3-1-5-14(8-12)20-10-11(7-15(20)21)16(22)19-13-4-2-6-18-9-13/h1-6,8-9,11H,7,10H2,(H,19,22). The molecule has 3 rings (SSSR count). The number of carbonyl (C=O) groups excluding carboxylic acids is 2. The fraction of sp³-hybridized carbons (Fsp3) is 0.188. The van der Waals surface area contributed by atoms with Crippen LogP contribution in [0.1, 0.15) is 6.42 Å². The highest BCUT2D eigenvalue weighted by molar-refractivity contribution is 9.10. The summed E-state index contributed by atoms with van der Waals surface area (Å²) in [5.41, 5.74) is 1.44. The van der Waals surface area contributed by atoms with E-state index in [0.29, 0.717) is 12.2 Å². The minimum Gasteiger partial charge on any atom is -0.324 e. The molecule has 0 saturated carbocycles. The van der Waals surface area contributed by atoms with E-state index in [9.17, 15) is 9.59 Å². The number of amides is 2. The van der Waals surface area contributed by atoms with Crippen LogP contribution < -0.4 is 10.2 Å². The Bertz CT molecular complexity index is 706. The van der Waals surface area contributed by atoms with Crippen molar-refractivity contribution in [1.29, 1.82) is 0 Å². The molecule has 2 aromatic rings. The molecule has 2 heterocycles. The Balaban J connectivity index is 1.70. The fourth-order valence-corrected chi connectivity index (χ4v) is 2.84. The van der Waals surface area contributed by atoms with Gasteiger partial charge in [0.05, 0.1) is 17.8 Å². The van der Waals surface area contributed by atoms with E-state index < -0.39 is 0 Å². The molecule has 1 aromatic carbocycles. The lowest BCUT2D eigenvalue weighted by Crippen LogP contribution is -2.28. The van der Waals surface area contributed by atoms with Crippen LogP contribution in [0.15, 0.2) is 53.3 Å². The number of benzene rings is 1. The van der Waals surface area contributed by atoms with E-state index in [-0.39, 0.29) is 24.2 Å². The molecule has 1 saturated heterocycles. The molecule has 0 spiro atoms. The Hall–Kier alpha value is -2.21. The van der Waals surface area contributed by atoms with E-state index in [4.69, 9.17) is 0 Å². The smallest absolute Gasteiger partial charge is 0.229 e. The number of hydrogen-bond donors (Lipinski definition) is 1. The molecule has 0 aliphatic carbocycles. The normalized spacial score (nSPS) is 17.6. The molecule has 1 atom stereocenters. The van der Waals surface area contributed by atoms with Crippen molar-refractivity contribution in [3.05, 3.63) is 53.3 Å². The van der Waals surface area contributed by atoms with Crippen LogP contribution in [0.25, 0.3) is 0 Å². The second kappa shape index (κ2) is 6.27. The Morgan fingerprint density at radius 1 is 1.32 bits per heavy atom. The molecule has 0 radical (unpaired) electrons. The first-order valence-electron chi connectivity index (χ1n) is 6.90. The highest BCUT2D eigenvalue weighted by Gasteiger charge is 2.35. The predicted molar refractivity (Wildman–Crippen MR) is 87.5 cm³/mol. The number of pyridine rings is 1. The summed E-state index contributed by atoms with van der Waals surface area (Å²) in [4.78, 5) is 30.1. The third-order valence-corrected chi connectivity index (χ3v) is 4.04. The van der Waals surface area contributed by atoms with Crippen molar-refractivity contribution in [1.82, 2.24) is 4.98 Å². The van der Waals surface area contributed by atoms with Gasteiger partial charge in [-0.15, -0.1) is 0 Å². The summed E-state index contributed by atoms with van der Waals surface area (Å²) in [6, 6.07) is 11.0. The molecule has 1 aliphatic heterocycles. The molecule has 112 valence electrons. The topological polar surface area (TPSA) is 62.3 Å². The first-order chi connectivity index (χ1) is 10.6. The fourth-order valence-electron chi connectivity index (χ4n) is 2.46. The first-order valence-corrected chi connectivity index (χ1v) is 7.69. The number of nitrogens with zero attached hydrogens (tertiary/aromatic N) is 2. The molecule has 1 N–H and O–H groups in total. The van der Waals surface area contributed by atoms with Crippen molar-refractivity contribution in [3.8, 4) is 0 Å². The highest BCUT2D eigenvalue weighted by Crippen LogP contribution is 2.27. The SMILES string of the molecule is O=C(Nc1cccnc1)C1CC(=O)N(c2cccc(Br)c2)C1.